The number of aliphatic imine (C=N–C) groups is 2. The van der Waals surface area contributed by atoms with E-state index in [1.807, 2.05) is 24.3 Å². The summed E-state index contributed by atoms with van der Waals surface area (Å²) in [7, 11) is 0. The second kappa shape index (κ2) is 7.54. The van der Waals surface area contributed by atoms with Gasteiger partial charge in [0, 0.05) is 5.56 Å². The summed E-state index contributed by atoms with van der Waals surface area (Å²) in [5.74, 6) is 0.672. The third-order valence-electron chi connectivity index (χ3n) is 3.92. The van der Waals surface area contributed by atoms with Crippen LogP contribution in [-0.4, -0.2) is 12.2 Å². The van der Waals surface area contributed by atoms with Crippen LogP contribution in [0.1, 0.15) is 49.4 Å². The first-order valence-electron chi connectivity index (χ1n) is 7.07. The predicted molar refractivity (Wildman–Crippen MR) is 75.7 cm³/mol. The lowest BCUT2D eigenvalue weighted by Gasteiger charge is -2.23. The maximum Gasteiger partial charge on any atom is 0.237 e. The molecule has 1 aromatic carbocycles. The highest BCUT2D eigenvalue weighted by Gasteiger charge is 2.18. The molecule has 0 atom stereocenters. The van der Waals surface area contributed by atoms with E-state index < -0.39 is 6.17 Å². The summed E-state index contributed by atoms with van der Waals surface area (Å²) < 4.78 is 0. The van der Waals surface area contributed by atoms with Crippen molar-refractivity contribution in [3.05, 3.63) is 35.4 Å². The lowest BCUT2D eigenvalue weighted by molar-refractivity contribution is 0.355. The minimum atomic E-state index is -0.801. The summed E-state index contributed by atoms with van der Waals surface area (Å²) in [6.07, 6.45) is 9.51. The Morgan fingerprint density at radius 2 is 1.70 bits per heavy atom. The molecule has 2 rings (SSSR count). The number of hydrogen-bond donors (Lipinski definition) is 0. The van der Waals surface area contributed by atoms with E-state index in [1.54, 1.807) is 0 Å². The van der Waals surface area contributed by atoms with Crippen LogP contribution in [-0.2, 0) is 16.0 Å². The van der Waals surface area contributed by atoms with E-state index in [0.717, 1.165) is 17.5 Å². The van der Waals surface area contributed by atoms with Gasteiger partial charge in [-0.1, -0.05) is 56.4 Å². The van der Waals surface area contributed by atoms with E-state index in [4.69, 9.17) is 0 Å². The Kier molecular flexibility index (Phi) is 5.43. The Morgan fingerprint density at radius 1 is 1.05 bits per heavy atom. The molecule has 0 bridgehead atoms. The van der Waals surface area contributed by atoms with Crippen molar-refractivity contribution < 1.29 is 9.59 Å². The van der Waals surface area contributed by atoms with Gasteiger partial charge in [-0.15, -0.1) is 0 Å². The average molecular weight is 270 g/mol. The van der Waals surface area contributed by atoms with Crippen LogP contribution in [0.5, 0.6) is 0 Å². The zero-order valence-electron chi connectivity index (χ0n) is 11.4. The Balaban J connectivity index is 2.23. The molecule has 104 valence electrons. The maximum atomic E-state index is 10.5. The number of benzene rings is 1. The van der Waals surface area contributed by atoms with Crippen molar-refractivity contribution in [1.29, 1.82) is 0 Å². The van der Waals surface area contributed by atoms with Crippen molar-refractivity contribution in [3.63, 3.8) is 0 Å². The molecule has 0 unspecified atom stereocenters. The van der Waals surface area contributed by atoms with Gasteiger partial charge in [-0.3, -0.25) is 0 Å². The van der Waals surface area contributed by atoms with E-state index in [2.05, 4.69) is 9.98 Å². The minimum Gasteiger partial charge on any atom is -0.211 e. The molecule has 1 aliphatic rings. The fourth-order valence-corrected chi connectivity index (χ4v) is 2.94. The normalized spacial score (nSPS) is 16.8. The Bertz CT molecular complexity index is 519. The van der Waals surface area contributed by atoms with E-state index in [9.17, 15) is 9.59 Å². The van der Waals surface area contributed by atoms with Crippen molar-refractivity contribution in [2.24, 2.45) is 15.9 Å². The topological polar surface area (TPSA) is 58.9 Å². The molecule has 1 fully saturated rings. The number of carbonyl (C=O) groups excluding carboxylic acids is 2. The third kappa shape index (κ3) is 3.74. The minimum absolute atomic E-state index is 0.672. The van der Waals surface area contributed by atoms with Crippen molar-refractivity contribution in [2.45, 2.75) is 44.7 Å². The van der Waals surface area contributed by atoms with E-state index >= 15 is 0 Å². The summed E-state index contributed by atoms with van der Waals surface area (Å²) in [4.78, 5) is 28.2. The van der Waals surface area contributed by atoms with Crippen LogP contribution in [0, 0.1) is 5.92 Å². The highest BCUT2D eigenvalue weighted by molar-refractivity contribution is 5.41. The molecule has 1 aliphatic carbocycles. The molecular weight excluding hydrogens is 252 g/mol. The Hall–Kier alpha value is -2.02. The van der Waals surface area contributed by atoms with Crippen LogP contribution in [0.25, 0.3) is 0 Å². The Morgan fingerprint density at radius 3 is 2.35 bits per heavy atom. The largest absolute Gasteiger partial charge is 0.237 e. The summed E-state index contributed by atoms with van der Waals surface area (Å²) in [6, 6.07) is 7.73. The Labute approximate surface area is 118 Å². The molecular formula is C16H18N2O2. The lowest BCUT2D eigenvalue weighted by Crippen LogP contribution is -2.11. The van der Waals surface area contributed by atoms with Crippen molar-refractivity contribution in [2.75, 3.05) is 0 Å². The fourth-order valence-electron chi connectivity index (χ4n) is 2.94. The fraction of sp³-hybridized carbons (Fsp3) is 0.500. The van der Waals surface area contributed by atoms with Crippen LogP contribution in [0.15, 0.2) is 34.3 Å². The SMILES string of the molecule is O=C=NC(N=C=O)c1ccccc1CC1CCCCC1. The van der Waals surface area contributed by atoms with Crippen molar-refractivity contribution in [3.8, 4) is 0 Å². The molecule has 4 nitrogen and oxygen atoms in total. The molecule has 1 aromatic rings. The number of nitrogens with zero attached hydrogens (tertiary/aromatic N) is 2. The lowest BCUT2D eigenvalue weighted by atomic mass is 9.83. The van der Waals surface area contributed by atoms with Crippen LogP contribution < -0.4 is 0 Å². The van der Waals surface area contributed by atoms with Gasteiger partial charge in [-0.2, -0.15) is 9.98 Å². The highest BCUT2D eigenvalue weighted by Crippen LogP contribution is 2.30. The van der Waals surface area contributed by atoms with Crippen molar-refractivity contribution >= 4 is 12.2 Å². The van der Waals surface area contributed by atoms with Gasteiger partial charge < -0.3 is 0 Å². The van der Waals surface area contributed by atoms with E-state index in [0.29, 0.717) is 5.92 Å². The van der Waals surface area contributed by atoms with Gasteiger partial charge in [0.05, 0.1) is 0 Å². The van der Waals surface area contributed by atoms with Crippen LogP contribution >= 0.6 is 0 Å². The number of hydrogen-bond acceptors (Lipinski definition) is 4. The van der Waals surface area contributed by atoms with E-state index in [1.165, 1.54) is 44.3 Å². The van der Waals surface area contributed by atoms with Gasteiger partial charge in [0.25, 0.3) is 0 Å². The molecule has 0 radical (unpaired) electrons. The zero-order valence-corrected chi connectivity index (χ0v) is 11.4. The average Bonchev–Trinajstić information content (AvgIpc) is 2.49. The predicted octanol–water partition coefficient (Wildman–Crippen LogP) is 3.48. The molecule has 0 spiro atoms. The van der Waals surface area contributed by atoms with Gasteiger partial charge in [-0.05, 0) is 17.9 Å². The monoisotopic (exact) mass is 270 g/mol. The molecule has 0 N–H and O–H groups in total. The first-order chi connectivity index (χ1) is 9.85. The van der Waals surface area contributed by atoms with E-state index in [-0.39, 0.29) is 0 Å². The van der Waals surface area contributed by atoms with Gasteiger partial charge in [0.1, 0.15) is 0 Å². The van der Waals surface area contributed by atoms with Crippen LogP contribution in [0.4, 0.5) is 0 Å². The highest BCUT2D eigenvalue weighted by atomic mass is 16.1. The smallest absolute Gasteiger partial charge is 0.211 e. The molecule has 1 saturated carbocycles. The second-order valence-electron chi connectivity index (χ2n) is 5.22. The van der Waals surface area contributed by atoms with Gasteiger partial charge in [0.2, 0.25) is 12.2 Å². The summed E-state index contributed by atoms with van der Waals surface area (Å²) in [5, 5.41) is 0. The molecule has 0 saturated heterocycles. The summed E-state index contributed by atoms with van der Waals surface area (Å²) in [6.45, 7) is 0. The second-order valence-corrected chi connectivity index (χ2v) is 5.22. The number of isocyanates is 2. The molecule has 20 heavy (non-hydrogen) atoms. The molecule has 0 aromatic heterocycles. The maximum absolute atomic E-state index is 10.5. The molecule has 0 aliphatic heterocycles. The first kappa shape index (κ1) is 14.4. The first-order valence-corrected chi connectivity index (χ1v) is 7.07. The number of rotatable bonds is 5. The van der Waals surface area contributed by atoms with Crippen molar-refractivity contribution in [1.82, 2.24) is 0 Å². The quantitative estimate of drug-likeness (QED) is 0.607. The van der Waals surface area contributed by atoms with Gasteiger partial charge in [-0.25, -0.2) is 9.59 Å². The van der Waals surface area contributed by atoms with Gasteiger partial charge in [0.15, 0.2) is 6.17 Å². The van der Waals surface area contributed by atoms with Crippen LogP contribution in [0.2, 0.25) is 0 Å². The zero-order chi connectivity index (χ0) is 14.2. The standard InChI is InChI=1S/C16H18N2O2/c19-11-17-16(18-12-20)15-9-5-4-8-14(15)10-13-6-2-1-3-7-13/h4-5,8-9,13,16H,1-3,6-7,10H2. The van der Waals surface area contributed by atoms with Crippen LogP contribution in [0.3, 0.4) is 0 Å². The molecule has 0 amide bonds. The summed E-state index contributed by atoms with van der Waals surface area (Å²) in [5.41, 5.74) is 1.92. The molecule has 0 heterocycles. The summed E-state index contributed by atoms with van der Waals surface area (Å²) >= 11 is 0. The molecule has 4 heteroatoms. The van der Waals surface area contributed by atoms with Gasteiger partial charge >= 0.3 is 0 Å². The third-order valence-corrected chi connectivity index (χ3v) is 3.92.